The fourth-order valence-corrected chi connectivity index (χ4v) is 3.24. The van der Waals surface area contributed by atoms with Crippen LogP contribution in [-0.2, 0) is 0 Å². The van der Waals surface area contributed by atoms with Crippen molar-refractivity contribution in [3.8, 4) is 0 Å². The van der Waals surface area contributed by atoms with E-state index in [1.54, 1.807) is 0 Å². The summed E-state index contributed by atoms with van der Waals surface area (Å²) >= 11 is 0. The molecule has 0 saturated heterocycles. The van der Waals surface area contributed by atoms with E-state index in [-0.39, 0.29) is 6.23 Å². The molecule has 0 radical (unpaired) electrons. The molecule has 0 spiro atoms. The lowest BCUT2D eigenvalue weighted by atomic mass is 9.99. The Morgan fingerprint density at radius 3 is 2.25 bits per heavy atom. The minimum absolute atomic E-state index is 0.256. The van der Waals surface area contributed by atoms with Crippen molar-refractivity contribution in [2.75, 3.05) is 0 Å². The summed E-state index contributed by atoms with van der Waals surface area (Å²) in [6.07, 6.45) is 8.74. The van der Waals surface area contributed by atoms with Crippen molar-refractivity contribution in [3.63, 3.8) is 0 Å². The highest BCUT2D eigenvalue weighted by atomic mass is 16.3. The Morgan fingerprint density at radius 1 is 1.06 bits per heavy atom. The van der Waals surface area contributed by atoms with Crippen molar-refractivity contribution < 1.29 is 5.11 Å². The molecule has 2 heteroatoms. The highest BCUT2D eigenvalue weighted by Crippen LogP contribution is 2.47. The third-order valence-electron chi connectivity index (χ3n) is 4.64. The molecule has 0 aromatic heterocycles. The second-order valence-corrected chi connectivity index (χ2v) is 5.80. The van der Waals surface area contributed by atoms with Crippen molar-refractivity contribution in [2.45, 2.75) is 71.1 Å². The molecule has 94 valence electrons. The van der Waals surface area contributed by atoms with Gasteiger partial charge in [-0.1, -0.05) is 13.8 Å². The van der Waals surface area contributed by atoms with Gasteiger partial charge in [0.25, 0.3) is 0 Å². The molecular formula is C14H27NO. The van der Waals surface area contributed by atoms with E-state index in [1.165, 1.54) is 32.1 Å². The summed E-state index contributed by atoms with van der Waals surface area (Å²) in [4.78, 5) is 0. The van der Waals surface area contributed by atoms with E-state index in [0.29, 0.717) is 12.0 Å². The third-order valence-corrected chi connectivity index (χ3v) is 4.64. The Bertz CT molecular complexity index is 211. The smallest absolute Gasteiger partial charge is 0.107 e. The van der Waals surface area contributed by atoms with Crippen molar-refractivity contribution in [1.82, 2.24) is 5.32 Å². The topological polar surface area (TPSA) is 32.3 Å². The first-order valence-corrected chi connectivity index (χ1v) is 7.18. The molecule has 0 aliphatic heterocycles. The second kappa shape index (κ2) is 5.50. The lowest BCUT2D eigenvalue weighted by Crippen LogP contribution is -2.41. The molecular weight excluding hydrogens is 198 g/mol. The monoisotopic (exact) mass is 225 g/mol. The highest BCUT2D eigenvalue weighted by molar-refractivity contribution is 4.89. The Balaban J connectivity index is 1.74. The summed E-state index contributed by atoms with van der Waals surface area (Å²) in [7, 11) is 0. The number of hydrogen-bond acceptors (Lipinski definition) is 2. The van der Waals surface area contributed by atoms with Gasteiger partial charge in [0.15, 0.2) is 0 Å². The van der Waals surface area contributed by atoms with Gasteiger partial charge in [0, 0.05) is 6.04 Å². The minimum Gasteiger partial charge on any atom is -0.378 e. The lowest BCUT2D eigenvalue weighted by Gasteiger charge is -2.24. The van der Waals surface area contributed by atoms with E-state index < -0.39 is 0 Å². The Labute approximate surface area is 99.8 Å². The quantitative estimate of drug-likeness (QED) is 0.681. The van der Waals surface area contributed by atoms with Gasteiger partial charge in [-0.05, 0) is 62.7 Å². The number of rotatable bonds is 6. The number of aliphatic hydroxyl groups excluding tert-OH is 1. The average molecular weight is 225 g/mol. The van der Waals surface area contributed by atoms with Gasteiger partial charge in [-0.15, -0.1) is 0 Å². The van der Waals surface area contributed by atoms with Crippen LogP contribution in [0.1, 0.15) is 58.8 Å². The molecule has 16 heavy (non-hydrogen) atoms. The summed E-state index contributed by atoms with van der Waals surface area (Å²) < 4.78 is 0. The maximum atomic E-state index is 10.2. The standard InChI is InChI=1S/C14H27NO/c1-3-13(4-2)15-14(16)12-8-7-11(9-12)10-5-6-10/h10-16H,3-9H2,1-2H3/t11?,12-,14?/m1/s1. The Hall–Kier alpha value is -0.0800. The zero-order valence-electron chi connectivity index (χ0n) is 10.8. The third kappa shape index (κ3) is 2.98. The fraction of sp³-hybridized carbons (Fsp3) is 1.00. The van der Waals surface area contributed by atoms with E-state index in [0.717, 1.165) is 24.7 Å². The molecule has 3 atom stereocenters. The first kappa shape index (κ1) is 12.4. The Kier molecular flexibility index (Phi) is 4.26. The van der Waals surface area contributed by atoms with Crippen LogP contribution in [0.15, 0.2) is 0 Å². The first-order chi connectivity index (χ1) is 7.74. The van der Waals surface area contributed by atoms with Crippen molar-refractivity contribution >= 4 is 0 Å². The fourth-order valence-electron chi connectivity index (χ4n) is 3.24. The van der Waals surface area contributed by atoms with Crippen LogP contribution in [0.5, 0.6) is 0 Å². The van der Waals surface area contributed by atoms with Crippen molar-refractivity contribution in [2.24, 2.45) is 17.8 Å². The largest absolute Gasteiger partial charge is 0.378 e. The molecule has 0 heterocycles. The van der Waals surface area contributed by atoms with Gasteiger partial charge >= 0.3 is 0 Å². The van der Waals surface area contributed by atoms with Crippen LogP contribution in [0.25, 0.3) is 0 Å². The average Bonchev–Trinajstić information content (AvgIpc) is 3.03. The predicted molar refractivity (Wildman–Crippen MR) is 67.1 cm³/mol. The first-order valence-electron chi connectivity index (χ1n) is 7.18. The van der Waals surface area contributed by atoms with Crippen LogP contribution in [0.2, 0.25) is 0 Å². The van der Waals surface area contributed by atoms with E-state index in [1.807, 2.05) is 0 Å². The summed E-state index contributed by atoms with van der Waals surface area (Å²) in [6.45, 7) is 4.38. The molecule has 2 aliphatic rings. The molecule has 0 aromatic rings. The number of aliphatic hydroxyl groups is 1. The zero-order chi connectivity index (χ0) is 11.5. The van der Waals surface area contributed by atoms with E-state index in [9.17, 15) is 5.11 Å². The number of hydrogen-bond donors (Lipinski definition) is 2. The normalized spacial score (nSPS) is 32.2. The van der Waals surface area contributed by atoms with Crippen LogP contribution in [0, 0.1) is 17.8 Å². The molecule has 2 saturated carbocycles. The van der Waals surface area contributed by atoms with Gasteiger partial charge in [0.1, 0.15) is 6.23 Å². The van der Waals surface area contributed by atoms with Crippen molar-refractivity contribution in [1.29, 1.82) is 0 Å². The Morgan fingerprint density at radius 2 is 1.69 bits per heavy atom. The molecule has 2 fully saturated rings. The maximum Gasteiger partial charge on any atom is 0.107 e. The van der Waals surface area contributed by atoms with Gasteiger partial charge in [0.05, 0.1) is 0 Å². The molecule has 2 rings (SSSR count). The predicted octanol–water partition coefficient (Wildman–Crippen LogP) is 2.91. The molecule has 2 unspecified atom stereocenters. The molecule has 0 bridgehead atoms. The van der Waals surface area contributed by atoms with Gasteiger partial charge in [0.2, 0.25) is 0 Å². The minimum atomic E-state index is -0.256. The number of nitrogens with one attached hydrogen (secondary N) is 1. The molecule has 2 aliphatic carbocycles. The van der Waals surface area contributed by atoms with Crippen LogP contribution in [-0.4, -0.2) is 17.4 Å². The van der Waals surface area contributed by atoms with Crippen LogP contribution < -0.4 is 5.32 Å². The van der Waals surface area contributed by atoms with Gasteiger partial charge in [-0.2, -0.15) is 0 Å². The molecule has 2 nitrogen and oxygen atoms in total. The second-order valence-electron chi connectivity index (χ2n) is 5.80. The van der Waals surface area contributed by atoms with E-state index in [4.69, 9.17) is 0 Å². The highest BCUT2D eigenvalue weighted by Gasteiger charge is 2.38. The van der Waals surface area contributed by atoms with Crippen LogP contribution in [0.3, 0.4) is 0 Å². The molecule has 0 amide bonds. The van der Waals surface area contributed by atoms with Crippen LogP contribution >= 0.6 is 0 Å². The summed E-state index contributed by atoms with van der Waals surface area (Å²) in [5, 5.41) is 13.6. The summed E-state index contributed by atoms with van der Waals surface area (Å²) in [5.74, 6) is 2.47. The lowest BCUT2D eigenvalue weighted by molar-refractivity contribution is 0.0615. The van der Waals surface area contributed by atoms with Gasteiger partial charge < -0.3 is 5.11 Å². The molecule has 0 aromatic carbocycles. The van der Waals surface area contributed by atoms with E-state index >= 15 is 0 Å². The maximum absolute atomic E-state index is 10.2. The van der Waals surface area contributed by atoms with Gasteiger partial charge in [-0.25, -0.2) is 0 Å². The molecule has 2 N–H and O–H groups in total. The summed E-state index contributed by atoms with van der Waals surface area (Å²) in [5.41, 5.74) is 0. The van der Waals surface area contributed by atoms with Crippen LogP contribution in [0.4, 0.5) is 0 Å². The zero-order valence-corrected chi connectivity index (χ0v) is 10.8. The van der Waals surface area contributed by atoms with E-state index in [2.05, 4.69) is 19.2 Å². The summed E-state index contributed by atoms with van der Waals surface area (Å²) in [6, 6.07) is 0.495. The van der Waals surface area contributed by atoms with Gasteiger partial charge in [-0.3, -0.25) is 5.32 Å². The van der Waals surface area contributed by atoms with Crippen molar-refractivity contribution in [3.05, 3.63) is 0 Å². The SMILES string of the molecule is CCC(CC)NC(O)[C@@H]1CCC(C2CC2)C1.